The van der Waals surface area contributed by atoms with E-state index in [0.29, 0.717) is 0 Å². The topological polar surface area (TPSA) is 38.9 Å². The average Bonchev–Trinajstić information content (AvgIpc) is 2.92. The first-order valence-electron chi connectivity index (χ1n) is 8.09. The number of fused-ring (bicyclic) bond motifs is 5. The van der Waals surface area contributed by atoms with Crippen LogP contribution in [0, 0.1) is 0 Å². The molecule has 3 aromatic rings. The van der Waals surface area contributed by atoms with Crippen molar-refractivity contribution in [2.45, 2.75) is 38.5 Å². The third kappa shape index (κ3) is 1.69. The Morgan fingerprint density at radius 1 is 0.955 bits per heavy atom. The Morgan fingerprint density at radius 2 is 1.73 bits per heavy atom. The average molecular weight is 306 g/mol. The molecule has 0 saturated carbocycles. The molecular weight excluding hydrogens is 288 g/mol. The summed E-state index contributed by atoms with van der Waals surface area (Å²) in [4.78, 5) is 7.72. The summed E-state index contributed by atoms with van der Waals surface area (Å²) >= 11 is 1.88. The van der Waals surface area contributed by atoms with E-state index in [9.17, 15) is 0 Å². The third-order valence-corrected chi connectivity index (χ3v) is 6.36. The van der Waals surface area contributed by atoms with Crippen molar-refractivity contribution >= 4 is 27.2 Å². The molecule has 0 spiro atoms. The molecule has 0 saturated heterocycles. The fourth-order valence-electron chi connectivity index (χ4n) is 4.02. The molecule has 1 aromatic carbocycles. The molecule has 5 rings (SSSR count). The molecule has 0 atom stereocenters. The molecule has 2 aromatic heterocycles. The Kier molecular flexibility index (Phi) is 2.62. The lowest BCUT2D eigenvalue weighted by Gasteiger charge is -2.21. The zero-order valence-electron chi connectivity index (χ0n) is 12.5. The van der Waals surface area contributed by atoms with Gasteiger partial charge in [0.1, 0.15) is 4.83 Å². The standard InChI is InChI=1S/C19H18N2S/c20-18-14-9-11-5-1-2-6-12(11)10-15(14)21-19-17(18)13-7-3-4-8-16(13)22-19/h1-2,5-6H,3-4,7-10H2,(H2,20,21). The van der Waals surface area contributed by atoms with Gasteiger partial charge in [-0.2, -0.15) is 0 Å². The number of hydrogen-bond acceptors (Lipinski definition) is 3. The van der Waals surface area contributed by atoms with Crippen molar-refractivity contribution in [3.05, 3.63) is 57.1 Å². The Morgan fingerprint density at radius 3 is 2.59 bits per heavy atom. The van der Waals surface area contributed by atoms with E-state index in [1.807, 2.05) is 11.3 Å². The second-order valence-electron chi connectivity index (χ2n) is 6.46. The molecule has 0 aliphatic heterocycles. The van der Waals surface area contributed by atoms with Gasteiger partial charge in [0, 0.05) is 34.4 Å². The van der Waals surface area contributed by atoms with Gasteiger partial charge in [0.2, 0.25) is 0 Å². The van der Waals surface area contributed by atoms with E-state index in [4.69, 9.17) is 10.7 Å². The van der Waals surface area contributed by atoms with Crippen molar-refractivity contribution in [2.24, 2.45) is 0 Å². The Labute approximate surface area is 134 Å². The van der Waals surface area contributed by atoms with Gasteiger partial charge in [-0.25, -0.2) is 4.98 Å². The predicted octanol–water partition coefficient (Wildman–Crippen LogP) is 4.25. The van der Waals surface area contributed by atoms with Gasteiger partial charge >= 0.3 is 0 Å². The fourth-order valence-corrected chi connectivity index (χ4v) is 5.32. The van der Waals surface area contributed by atoms with Gasteiger partial charge in [-0.1, -0.05) is 24.3 Å². The van der Waals surface area contributed by atoms with Crippen LogP contribution in [0.3, 0.4) is 0 Å². The molecule has 0 bridgehead atoms. The molecule has 3 heteroatoms. The van der Waals surface area contributed by atoms with Crippen molar-refractivity contribution in [3.63, 3.8) is 0 Å². The third-order valence-electron chi connectivity index (χ3n) is 5.18. The first-order chi connectivity index (χ1) is 10.8. The number of thiophene rings is 1. The van der Waals surface area contributed by atoms with Crippen molar-refractivity contribution in [3.8, 4) is 0 Å². The first kappa shape index (κ1) is 12.7. The van der Waals surface area contributed by atoms with Crippen LogP contribution in [0.4, 0.5) is 5.69 Å². The van der Waals surface area contributed by atoms with Crippen molar-refractivity contribution in [1.29, 1.82) is 0 Å². The molecule has 22 heavy (non-hydrogen) atoms. The summed E-state index contributed by atoms with van der Waals surface area (Å²) in [6, 6.07) is 8.69. The molecule has 2 aliphatic carbocycles. The van der Waals surface area contributed by atoms with Crippen LogP contribution in [0.25, 0.3) is 10.2 Å². The molecule has 2 nitrogen and oxygen atoms in total. The summed E-state index contributed by atoms with van der Waals surface area (Å²) in [5, 5.41) is 1.28. The molecular formula is C19H18N2S. The molecule has 110 valence electrons. The maximum Gasteiger partial charge on any atom is 0.126 e. The predicted molar refractivity (Wildman–Crippen MR) is 92.7 cm³/mol. The number of nitrogens with two attached hydrogens (primary N) is 1. The lowest BCUT2D eigenvalue weighted by molar-refractivity contribution is 0.700. The number of anilines is 1. The summed E-state index contributed by atoms with van der Waals surface area (Å²) in [5.74, 6) is 0. The number of benzene rings is 1. The second kappa shape index (κ2) is 4.56. The molecule has 0 radical (unpaired) electrons. The van der Waals surface area contributed by atoms with Crippen LogP contribution in [0.2, 0.25) is 0 Å². The van der Waals surface area contributed by atoms with Gasteiger partial charge in [-0.3, -0.25) is 0 Å². The number of aryl methyl sites for hydroxylation is 2. The zero-order valence-corrected chi connectivity index (χ0v) is 13.3. The number of pyridine rings is 1. The summed E-state index contributed by atoms with van der Waals surface area (Å²) in [6.45, 7) is 0. The highest BCUT2D eigenvalue weighted by Crippen LogP contribution is 2.42. The summed E-state index contributed by atoms with van der Waals surface area (Å²) in [6.07, 6.45) is 6.85. The number of nitrogen functional groups attached to an aromatic ring is 1. The molecule has 2 heterocycles. The molecule has 0 fully saturated rings. The maximum atomic E-state index is 6.63. The molecule has 0 unspecified atom stereocenters. The van der Waals surface area contributed by atoms with Crippen molar-refractivity contribution in [1.82, 2.24) is 4.98 Å². The van der Waals surface area contributed by atoms with E-state index in [2.05, 4.69) is 24.3 Å². The van der Waals surface area contributed by atoms with Gasteiger partial charge < -0.3 is 5.73 Å². The van der Waals surface area contributed by atoms with Crippen LogP contribution in [0.15, 0.2) is 24.3 Å². The Bertz CT molecular complexity index is 907. The van der Waals surface area contributed by atoms with Crippen molar-refractivity contribution < 1.29 is 0 Å². The number of rotatable bonds is 0. The summed E-state index contributed by atoms with van der Waals surface area (Å²) in [5.41, 5.74) is 14.4. The first-order valence-corrected chi connectivity index (χ1v) is 8.91. The smallest absolute Gasteiger partial charge is 0.126 e. The lowest BCUT2D eigenvalue weighted by atomic mass is 9.86. The van der Waals surface area contributed by atoms with Crippen molar-refractivity contribution in [2.75, 3.05) is 5.73 Å². The monoisotopic (exact) mass is 306 g/mol. The van der Waals surface area contributed by atoms with Gasteiger partial charge in [-0.05, 0) is 42.4 Å². The van der Waals surface area contributed by atoms with Crippen LogP contribution >= 0.6 is 11.3 Å². The van der Waals surface area contributed by atoms with E-state index in [1.54, 1.807) is 0 Å². The normalized spacial score (nSPS) is 16.2. The van der Waals surface area contributed by atoms with Gasteiger partial charge in [0.05, 0.1) is 5.69 Å². The summed E-state index contributed by atoms with van der Waals surface area (Å²) in [7, 11) is 0. The minimum Gasteiger partial charge on any atom is -0.398 e. The highest BCUT2D eigenvalue weighted by atomic mass is 32.1. The van der Waals surface area contributed by atoms with Gasteiger partial charge in [0.15, 0.2) is 0 Å². The fraction of sp³-hybridized carbons (Fsp3) is 0.316. The van der Waals surface area contributed by atoms with E-state index in [1.165, 1.54) is 68.7 Å². The van der Waals surface area contributed by atoms with Crippen LogP contribution in [0.5, 0.6) is 0 Å². The number of aromatic nitrogens is 1. The van der Waals surface area contributed by atoms with E-state index in [0.717, 1.165) is 18.5 Å². The zero-order chi connectivity index (χ0) is 14.7. The molecule has 0 amide bonds. The number of nitrogens with zero attached hydrogens (tertiary/aromatic N) is 1. The van der Waals surface area contributed by atoms with E-state index >= 15 is 0 Å². The highest BCUT2D eigenvalue weighted by Gasteiger charge is 2.25. The lowest BCUT2D eigenvalue weighted by Crippen LogP contribution is -2.12. The van der Waals surface area contributed by atoms with Crippen LogP contribution in [0.1, 0.15) is 45.7 Å². The van der Waals surface area contributed by atoms with E-state index in [-0.39, 0.29) is 0 Å². The van der Waals surface area contributed by atoms with Gasteiger partial charge in [0.25, 0.3) is 0 Å². The quantitative estimate of drug-likeness (QED) is 0.527. The highest BCUT2D eigenvalue weighted by molar-refractivity contribution is 7.19. The number of hydrogen-bond donors (Lipinski definition) is 1. The largest absolute Gasteiger partial charge is 0.398 e. The van der Waals surface area contributed by atoms with Crippen LogP contribution in [-0.2, 0) is 25.7 Å². The van der Waals surface area contributed by atoms with Crippen LogP contribution in [-0.4, -0.2) is 4.98 Å². The minimum absolute atomic E-state index is 0.925. The van der Waals surface area contributed by atoms with E-state index < -0.39 is 0 Å². The van der Waals surface area contributed by atoms with Crippen LogP contribution < -0.4 is 5.73 Å². The van der Waals surface area contributed by atoms with Gasteiger partial charge in [-0.15, -0.1) is 11.3 Å². The summed E-state index contributed by atoms with van der Waals surface area (Å²) < 4.78 is 0. The minimum atomic E-state index is 0.925. The molecule has 2 N–H and O–H groups in total. The SMILES string of the molecule is Nc1c2c(nc3sc4c(c13)CCCC4)Cc1ccccc1C2. The Hall–Kier alpha value is -1.87. The second-order valence-corrected chi connectivity index (χ2v) is 7.55. The molecule has 2 aliphatic rings. The Balaban J connectivity index is 1.76. The maximum absolute atomic E-state index is 6.63.